The van der Waals surface area contributed by atoms with E-state index in [-0.39, 0.29) is 0 Å². The summed E-state index contributed by atoms with van der Waals surface area (Å²) in [4.78, 5) is 0. The molecule has 0 saturated heterocycles. The van der Waals surface area contributed by atoms with Crippen LogP contribution in [0.15, 0.2) is 24.3 Å². The van der Waals surface area contributed by atoms with Crippen molar-refractivity contribution in [3.05, 3.63) is 29.8 Å². The molecule has 1 rings (SSSR count). The van der Waals surface area contributed by atoms with Crippen LogP contribution in [-0.2, 0) is 6.42 Å². The van der Waals surface area contributed by atoms with Gasteiger partial charge in [-0.15, -0.1) is 0 Å². The molecule has 0 amide bonds. The molecule has 0 bridgehead atoms. The number of ether oxygens (including phenoxy) is 1. The summed E-state index contributed by atoms with van der Waals surface area (Å²) >= 11 is 0. The number of aliphatic hydroxyl groups is 1. The van der Waals surface area contributed by atoms with Gasteiger partial charge in [0.25, 0.3) is 0 Å². The molecule has 0 fully saturated rings. The van der Waals surface area contributed by atoms with Gasteiger partial charge in [0.2, 0.25) is 0 Å². The van der Waals surface area contributed by atoms with Crippen molar-refractivity contribution in [3.8, 4) is 5.75 Å². The first-order valence-corrected chi connectivity index (χ1v) is 7.58. The van der Waals surface area contributed by atoms with E-state index in [1.54, 1.807) is 13.8 Å². The molecule has 3 heteroatoms. The third-order valence-electron chi connectivity index (χ3n) is 3.19. The minimum atomic E-state index is -0.666. The molecule has 0 aromatic heterocycles. The molecule has 0 radical (unpaired) electrons. The van der Waals surface area contributed by atoms with E-state index in [4.69, 9.17) is 4.74 Å². The molecule has 0 aliphatic rings. The standard InChI is InChI=1S/C17H29NO2/c1-5-11-18-14(2)13-15-6-8-16(9-7-15)20-12-10-17(3,4)19/h6-9,14,18-19H,5,10-13H2,1-4H3. The van der Waals surface area contributed by atoms with Gasteiger partial charge in [-0.3, -0.25) is 0 Å². The Morgan fingerprint density at radius 2 is 1.90 bits per heavy atom. The number of benzene rings is 1. The second-order valence-electron chi connectivity index (χ2n) is 6.11. The van der Waals surface area contributed by atoms with Crippen LogP contribution in [0.2, 0.25) is 0 Å². The van der Waals surface area contributed by atoms with E-state index < -0.39 is 5.60 Å². The summed E-state index contributed by atoms with van der Waals surface area (Å²) in [6, 6.07) is 8.74. The highest BCUT2D eigenvalue weighted by Crippen LogP contribution is 2.15. The first kappa shape index (κ1) is 17.0. The lowest BCUT2D eigenvalue weighted by atomic mass is 10.1. The lowest BCUT2D eigenvalue weighted by Gasteiger charge is -2.17. The summed E-state index contributed by atoms with van der Waals surface area (Å²) in [6.07, 6.45) is 2.83. The van der Waals surface area contributed by atoms with E-state index >= 15 is 0 Å². The van der Waals surface area contributed by atoms with E-state index in [1.165, 1.54) is 12.0 Å². The lowest BCUT2D eigenvalue weighted by molar-refractivity contribution is 0.0553. The normalized spacial score (nSPS) is 13.2. The topological polar surface area (TPSA) is 41.5 Å². The van der Waals surface area contributed by atoms with Crippen LogP contribution >= 0.6 is 0 Å². The second kappa shape index (κ2) is 8.28. The highest BCUT2D eigenvalue weighted by Gasteiger charge is 2.12. The average molecular weight is 279 g/mol. The molecule has 0 saturated carbocycles. The summed E-state index contributed by atoms with van der Waals surface area (Å²) < 4.78 is 5.63. The second-order valence-corrected chi connectivity index (χ2v) is 6.11. The molecule has 0 spiro atoms. The van der Waals surface area contributed by atoms with Gasteiger partial charge in [-0.2, -0.15) is 0 Å². The van der Waals surface area contributed by atoms with Crippen molar-refractivity contribution in [2.45, 2.75) is 58.6 Å². The third kappa shape index (κ3) is 7.51. The van der Waals surface area contributed by atoms with Crippen molar-refractivity contribution in [2.24, 2.45) is 0 Å². The van der Waals surface area contributed by atoms with Crippen molar-refractivity contribution >= 4 is 0 Å². The number of hydrogen-bond acceptors (Lipinski definition) is 3. The van der Waals surface area contributed by atoms with Gasteiger partial charge in [0, 0.05) is 12.5 Å². The molecule has 1 aromatic rings. The largest absolute Gasteiger partial charge is 0.493 e. The fraction of sp³-hybridized carbons (Fsp3) is 0.647. The Morgan fingerprint density at radius 3 is 2.45 bits per heavy atom. The van der Waals surface area contributed by atoms with Crippen LogP contribution in [0.1, 0.15) is 46.1 Å². The third-order valence-corrected chi connectivity index (χ3v) is 3.19. The van der Waals surface area contributed by atoms with Crippen LogP contribution in [-0.4, -0.2) is 29.9 Å². The highest BCUT2D eigenvalue weighted by molar-refractivity contribution is 5.27. The minimum Gasteiger partial charge on any atom is -0.493 e. The van der Waals surface area contributed by atoms with E-state index in [9.17, 15) is 5.11 Å². The predicted octanol–water partition coefficient (Wildman–Crippen LogP) is 3.16. The van der Waals surface area contributed by atoms with Crippen molar-refractivity contribution in [1.82, 2.24) is 5.32 Å². The van der Waals surface area contributed by atoms with E-state index in [2.05, 4.69) is 31.3 Å². The van der Waals surface area contributed by atoms with Gasteiger partial charge < -0.3 is 15.2 Å². The first-order chi connectivity index (χ1) is 9.40. The van der Waals surface area contributed by atoms with Crippen molar-refractivity contribution in [2.75, 3.05) is 13.2 Å². The van der Waals surface area contributed by atoms with Crippen LogP contribution in [0.25, 0.3) is 0 Å². The monoisotopic (exact) mass is 279 g/mol. The Labute approximate surface area is 123 Å². The summed E-state index contributed by atoms with van der Waals surface area (Å²) in [5.74, 6) is 0.868. The van der Waals surface area contributed by atoms with Crippen LogP contribution in [0, 0.1) is 0 Å². The van der Waals surface area contributed by atoms with Gasteiger partial charge in [-0.1, -0.05) is 19.1 Å². The Bertz CT molecular complexity index is 368. The molecule has 2 N–H and O–H groups in total. The van der Waals surface area contributed by atoms with E-state index in [0.717, 1.165) is 18.7 Å². The van der Waals surface area contributed by atoms with Crippen molar-refractivity contribution < 1.29 is 9.84 Å². The van der Waals surface area contributed by atoms with Gasteiger partial charge >= 0.3 is 0 Å². The summed E-state index contributed by atoms with van der Waals surface area (Å²) in [5, 5.41) is 13.1. The van der Waals surface area contributed by atoms with Crippen molar-refractivity contribution in [3.63, 3.8) is 0 Å². The number of rotatable bonds is 9. The minimum absolute atomic E-state index is 0.497. The molecular weight excluding hydrogens is 250 g/mol. The summed E-state index contributed by atoms with van der Waals surface area (Å²) in [5.41, 5.74) is 0.649. The molecule has 0 heterocycles. The fourth-order valence-electron chi connectivity index (χ4n) is 1.96. The smallest absolute Gasteiger partial charge is 0.119 e. The average Bonchev–Trinajstić information content (AvgIpc) is 2.37. The molecule has 1 aromatic carbocycles. The molecule has 3 nitrogen and oxygen atoms in total. The van der Waals surface area contributed by atoms with Gasteiger partial charge in [-0.05, 0) is 57.9 Å². The maximum Gasteiger partial charge on any atom is 0.119 e. The lowest BCUT2D eigenvalue weighted by Crippen LogP contribution is -2.28. The van der Waals surface area contributed by atoms with Gasteiger partial charge in [0.1, 0.15) is 5.75 Å². The number of hydrogen-bond donors (Lipinski definition) is 2. The Hall–Kier alpha value is -1.06. The van der Waals surface area contributed by atoms with Crippen LogP contribution in [0.5, 0.6) is 5.75 Å². The predicted molar refractivity (Wildman–Crippen MR) is 84.3 cm³/mol. The highest BCUT2D eigenvalue weighted by atomic mass is 16.5. The zero-order chi connectivity index (χ0) is 15.0. The van der Waals surface area contributed by atoms with Gasteiger partial charge in [0.05, 0.1) is 12.2 Å². The summed E-state index contributed by atoms with van der Waals surface area (Å²) in [7, 11) is 0. The number of nitrogens with one attached hydrogen (secondary N) is 1. The maximum atomic E-state index is 9.62. The van der Waals surface area contributed by atoms with Crippen LogP contribution in [0.3, 0.4) is 0 Å². The molecule has 114 valence electrons. The van der Waals surface area contributed by atoms with Crippen LogP contribution < -0.4 is 10.1 Å². The molecule has 1 atom stereocenters. The Kier molecular flexibility index (Phi) is 7.03. The molecule has 0 aliphatic heterocycles. The zero-order valence-corrected chi connectivity index (χ0v) is 13.3. The first-order valence-electron chi connectivity index (χ1n) is 7.58. The van der Waals surface area contributed by atoms with E-state index in [0.29, 0.717) is 19.1 Å². The van der Waals surface area contributed by atoms with E-state index in [1.807, 2.05) is 12.1 Å². The van der Waals surface area contributed by atoms with Gasteiger partial charge in [0.15, 0.2) is 0 Å². The quantitative estimate of drug-likeness (QED) is 0.729. The zero-order valence-electron chi connectivity index (χ0n) is 13.3. The maximum absolute atomic E-state index is 9.62. The Balaban J connectivity index is 2.36. The Morgan fingerprint density at radius 1 is 1.25 bits per heavy atom. The van der Waals surface area contributed by atoms with Crippen LogP contribution in [0.4, 0.5) is 0 Å². The molecule has 20 heavy (non-hydrogen) atoms. The molecule has 0 aliphatic carbocycles. The fourth-order valence-corrected chi connectivity index (χ4v) is 1.96. The molecular formula is C17H29NO2. The van der Waals surface area contributed by atoms with Gasteiger partial charge in [-0.25, -0.2) is 0 Å². The SMILES string of the molecule is CCCNC(C)Cc1ccc(OCCC(C)(C)O)cc1. The summed E-state index contributed by atoms with van der Waals surface area (Å²) in [6.45, 7) is 9.59. The van der Waals surface area contributed by atoms with Crippen molar-refractivity contribution in [1.29, 1.82) is 0 Å². The molecule has 1 unspecified atom stereocenters.